The smallest absolute Gasteiger partial charge is 0.168 e. The molecule has 0 amide bonds. The predicted octanol–water partition coefficient (Wildman–Crippen LogP) is 3.51. The van der Waals surface area contributed by atoms with Gasteiger partial charge in [-0.2, -0.15) is 0 Å². The van der Waals surface area contributed by atoms with E-state index < -0.39 is 0 Å². The number of hydrogen-bond donors (Lipinski definition) is 0. The van der Waals surface area contributed by atoms with Crippen LogP contribution in [0.3, 0.4) is 0 Å². The van der Waals surface area contributed by atoms with Crippen molar-refractivity contribution >= 4 is 0 Å². The van der Waals surface area contributed by atoms with Crippen molar-refractivity contribution in [2.75, 3.05) is 13.2 Å². The van der Waals surface area contributed by atoms with Gasteiger partial charge < -0.3 is 9.47 Å². The van der Waals surface area contributed by atoms with Crippen LogP contribution in [0.1, 0.15) is 38.2 Å². The fourth-order valence-electron chi connectivity index (χ4n) is 2.04. The molecule has 0 aromatic heterocycles. The summed E-state index contributed by atoms with van der Waals surface area (Å²) >= 11 is 0. The third kappa shape index (κ3) is 2.97. The van der Waals surface area contributed by atoms with E-state index >= 15 is 0 Å². The van der Waals surface area contributed by atoms with Crippen molar-refractivity contribution < 1.29 is 13.9 Å². The average molecular weight is 238 g/mol. The van der Waals surface area contributed by atoms with E-state index in [0.29, 0.717) is 19.0 Å². The fraction of sp³-hybridized carbons (Fsp3) is 0.571. The second-order valence-corrected chi connectivity index (χ2v) is 4.74. The van der Waals surface area contributed by atoms with Gasteiger partial charge in [-0.1, -0.05) is 26.0 Å². The summed E-state index contributed by atoms with van der Waals surface area (Å²) < 4.78 is 25.1. The molecule has 2 rings (SSSR count). The molecule has 94 valence electrons. The Balaban J connectivity index is 2.12. The molecule has 0 unspecified atom stereocenters. The molecule has 17 heavy (non-hydrogen) atoms. The van der Waals surface area contributed by atoms with Gasteiger partial charge in [-0.3, -0.25) is 0 Å². The molecule has 2 nitrogen and oxygen atoms in total. The minimum absolute atomic E-state index is 0.0839. The van der Waals surface area contributed by atoms with Crippen LogP contribution < -0.4 is 4.74 Å². The van der Waals surface area contributed by atoms with Crippen molar-refractivity contribution in [3.8, 4) is 5.75 Å². The van der Waals surface area contributed by atoms with E-state index in [1.54, 1.807) is 6.07 Å². The molecule has 1 saturated heterocycles. The lowest BCUT2D eigenvalue weighted by Gasteiger charge is -2.24. The van der Waals surface area contributed by atoms with Gasteiger partial charge in [0.1, 0.15) is 6.10 Å². The Labute approximate surface area is 102 Å². The van der Waals surface area contributed by atoms with Gasteiger partial charge in [0.25, 0.3) is 0 Å². The Morgan fingerprint density at radius 3 is 2.65 bits per heavy atom. The first-order valence-corrected chi connectivity index (χ1v) is 6.21. The number of hydrogen-bond acceptors (Lipinski definition) is 2. The lowest BCUT2D eigenvalue weighted by atomic mass is 10.0. The van der Waals surface area contributed by atoms with Gasteiger partial charge in [0.05, 0.1) is 13.2 Å². The zero-order valence-electron chi connectivity index (χ0n) is 10.4. The summed E-state index contributed by atoms with van der Waals surface area (Å²) in [6.07, 6.45) is 1.76. The van der Waals surface area contributed by atoms with Gasteiger partial charge in [-0.05, 0) is 17.5 Å². The van der Waals surface area contributed by atoms with Crippen LogP contribution in [0.4, 0.5) is 4.39 Å². The second-order valence-electron chi connectivity index (χ2n) is 4.74. The minimum Gasteiger partial charge on any atom is -0.487 e. The lowest BCUT2D eigenvalue weighted by Crippen LogP contribution is -2.26. The quantitative estimate of drug-likeness (QED) is 0.802. The number of benzene rings is 1. The Morgan fingerprint density at radius 2 is 2.00 bits per heavy atom. The molecular formula is C14H19FO2. The minimum atomic E-state index is -0.214. The molecule has 0 saturated carbocycles. The first kappa shape index (κ1) is 12.4. The molecule has 1 heterocycles. The first-order chi connectivity index (χ1) is 8.18. The highest BCUT2D eigenvalue weighted by Crippen LogP contribution is 2.27. The fourth-order valence-corrected chi connectivity index (χ4v) is 2.04. The number of ether oxygens (including phenoxy) is 2. The molecule has 0 atom stereocenters. The van der Waals surface area contributed by atoms with Crippen LogP contribution in [-0.4, -0.2) is 19.3 Å². The maximum Gasteiger partial charge on any atom is 0.168 e. The van der Waals surface area contributed by atoms with Crippen LogP contribution in [-0.2, 0) is 4.74 Å². The van der Waals surface area contributed by atoms with Crippen LogP contribution >= 0.6 is 0 Å². The van der Waals surface area contributed by atoms with Crippen LogP contribution in [0.2, 0.25) is 0 Å². The molecule has 1 aromatic rings. The van der Waals surface area contributed by atoms with Gasteiger partial charge in [-0.25, -0.2) is 4.39 Å². The Hall–Kier alpha value is -1.09. The number of rotatable bonds is 3. The summed E-state index contributed by atoms with van der Waals surface area (Å²) in [5.41, 5.74) is 0.717. The molecule has 0 N–H and O–H groups in total. The number of halogens is 1. The third-order valence-electron chi connectivity index (χ3n) is 3.08. The van der Waals surface area contributed by atoms with Crippen molar-refractivity contribution in [3.63, 3.8) is 0 Å². The largest absolute Gasteiger partial charge is 0.487 e. The molecule has 0 radical (unpaired) electrons. The van der Waals surface area contributed by atoms with E-state index in [1.165, 1.54) is 0 Å². The normalized spacial score (nSPS) is 17.4. The Kier molecular flexibility index (Phi) is 4.00. The summed E-state index contributed by atoms with van der Waals surface area (Å²) in [5, 5.41) is 0. The average Bonchev–Trinajstić information content (AvgIpc) is 2.33. The van der Waals surface area contributed by atoms with E-state index in [2.05, 4.69) is 0 Å². The van der Waals surface area contributed by atoms with Crippen LogP contribution in [0, 0.1) is 5.82 Å². The molecular weight excluding hydrogens is 219 g/mol. The highest BCUT2D eigenvalue weighted by molar-refractivity contribution is 5.33. The summed E-state index contributed by atoms with van der Waals surface area (Å²) in [6.45, 7) is 5.37. The zero-order valence-corrected chi connectivity index (χ0v) is 10.4. The van der Waals surface area contributed by atoms with Gasteiger partial charge in [0.2, 0.25) is 0 Å². The summed E-state index contributed by atoms with van der Waals surface area (Å²) in [7, 11) is 0. The SMILES string of the molecule is CC(C)c1cccc(OC2CCOCC2)c1F. The van der Waals surface area contributed by atoms with Crippen molar-refractivity contribution in [2.45, 2.75) is 38.7 Å². The van der Waals surface area contributed by atoms with Crippen molar-refractivity contribution in [2.24, 2.45) is 0 Å². The molecule has 1 aliphatic rings. The standard InChI is InChI=1S/C14H19FO2/c1-10(2)12-4-3-5-13(14(12)15)17-11-6-8-16-9-7-11/h3-5,10-11H,6-9H2,1-2H3. The van der Waals surface area contributed by atoms with Crippen LogP contribution in [0.5, 0.6) is 5.75 Å². The third-order valence-corrected chi connectivity index (χ3v) is 3.08. The molecule has 0 bridgehead atoms. The molecule has 0 spiro atoms. The van der Waals surface area contributed by atoms with E-state index in [1.807, 2.05) is 26.0 Å². The Bertz CT molecular complexity index is 370. The van der Waals surface area contributed by atoms with Gasteiger partial charge in [-0.15, -0.1) is 0 Å². The molecule has 0 aliphatic carbocycles. The Morgan fingerprint density at radius 1 is 1.29 bits per heavy atom. The van der Waals surface area contributed by atoms with Crippen molar-refractivity contribution in [3.05, 3.63) is 29.6 Å². The van der Waals surface area contributed by atoms with Crippen LogP contribution in [0.15, 0.2) is 18.2 Å². The zero-order chi connectivity index (χ0) is 12.3. The highest BCUT2D eigenvalue weighted by atomic mass is 19.1. The monoisotopic (exact) mass is 238 g/mol. The van der Waals surface area contributed by atoms with Crippen molar-refractivity contribution in [1.82, 2.24) is 0 Å². The van der Waals surface area contributed by atoms with E-state index in [4.69, 9.17) is 9.47 Å². The van der Waals surface area contributed by atoms with Gasteiger partial charge in [0.15, 0.2) is 11.6 Å². The van der Waals surface area contributed by atoms with E-state index in [9.17, 15) is 4.39 Å². The molecule has 1 aromatic carbocycles. The maximum atomic E-state index is 14.1. The molecule has 3 heteroatoms. The van der Waals surface area contributed by atoms with Gasteiger partial charge >= 0.3 is 0 Å². The highest BCUT2D eigenvalue weighted by Gasteiger charge is 2.18. The predicted molar refractivity (Wildman–Crippen MR) is 65.0 cm³/mol. The van der Waals surface area contributed by atoms with E-state index in [-0.39, 0.29) is 17.8 Å². The van der Waals surface area contributed by atoms with Crippen LogP contribution in [0.25, 0.3) is 0 Å². The topological polar surface area (TPSA) is 18.5 Å². The summed E-state index contributed by atoms with van der Waals surface area (Å²) in [6, 6.07) is 5.38. The van der Waals surface area contributed by atoms with Crippen molar-refractivity contribution in [1.29, 1.82) is 0 Å². The summed E-state index contributed by atoms with van der Waals surface area (Å²) in [5.74, 6) is 0.338. The maximum absolute atomic E-state index is 14.1. The lowest BCUT2D eigenvalue weighted by molar-refractivity contribution is 0.0239. The second kappa shape index (κ2) is 5.50. The summed E-state index contributed by atoms with van der Waals surface area (Å²) in [4.78, 5) is 0. The van der Waals surface area contributed by atoms with Gasteiger partial charge in [0, 0.05) is 12.8 Å². The molecule has 1 aliphatic heterocycles. The first-order valence-electron chi connectivity index (χ1n) is 6.21. The van der Waals surface area contributed by atoms with E-state index in [0.717, 1.165) is 18.4 Å². The molecule has 1 fully saturated rings.